The van der Waals surface area contributed by atoms with E-state index in [0.717, 1.165) is 25.4 Å². The van der Waals surface area contributed by atoms with Gasteiger partial charge in [0.15, 0.2) is 0 Å². The van der Waals surface area contributed by atoms with Gasteiger partial charge in [-0.25, -0.2) is 0 Å². The number of aliphatic hydroxyl groups is 1. The van der Waals surface area contributed by atoms with Gasteiger partial charge in [-0.1, -0.05) is 6.92 Å². The van der Waals surface area contributed by atoms with Gasteiger partial charge in [0.25, 0.3) is 0 Å². The minimum atomic E-state index is -0.0447. The van der Waals surface area contributed by atoms with Crippen molar-refractivity contribution in [3.63, 3.8) is 0 Å². The summed E-state index contributed by atoms with van der Waals surface area (Å²) in [6, 6.07) is 0. The summed E-state index contributed by atoms with van der Waals surface area (Å²) in [7, 11) is 0. The first-order chi connectivity index (χ1) is 8.12. The Bertz CT molecular complexity index is 288. The Kier molecular flexibility index (Phi) is 3.21. The lowest BCUT2D eigenvalue weighted by Gasteiger charge is -2.44. The Labute approximate surface area is 108 Å². The fraction of sp³-hybridized carbons (Fsp3) is 1.00. The fourth-order valence-corrected chi connectivity index (χ4v) is 5.47. The second-order valence-electron chi connectivity index (χ2n) is 6.57. The molecule has 1 spiro atoms. The molecule has 3 rings (SSSR count). The molecule has 2 saturated heterocycles. The van der Waals surface area contributed by atoms with E-state index in [1.54, 1.807) is 0 Å². The molecule has 1 aliphatic carbocycles. The molecule has 2 heterocycles. The molecule has 98 valence electrons. The molecule has 1 saturated carbocycles. The predicted molar refractivity (Wildman–Crippen MR) is 71.3 cm³/mol. The van der Waals surface area contributed by atoms with Crippen molar-refractivity contribution >= 4 is 11.8 Å². The second-order valence-corrected chi connectivity index (χ2v) is 7.68. The van der Waals surface area contributed by atoms with Gasteiger partial charge in [0.1, 0.15) is 0 Å². The topological polar surface area (TPSA) is 29.5 Å². The maximum Gasteiger partial charge on any atom is 0.0783 e. The molecule has 17 heavy (non-hydrogen) atoms. The molecule has 1 N–H and O–H groups in total. The van der Waals surface area contributed by atoms with Crippen LogP contribution in [-0.4, -0.2) is 34.9 Å². The molecule has 3 aliphatic rings. The van der Waals surface area contributed by atoms with Crippen LogP contribution in [0.4, 0.5) is 0 Å². The normalized spacial score (nSPS) is 51.2. The van der Waals surface area contributed by atoms with Crippen molar-refractivity contribution in [1.82, 2.24) is 0 Å². The van der Waals surface area contributed by atoms with Crippen molar-refractivity contribution in [1.29, 1.82) is 0 Å². The van der Waals surface area contributed by atoms with Gasteiger partial charge >= 0.3 is 0 Å². The van der Waals surface area contributed by atoms with Crippen LogP contribution in [0.2, 0.25) is 0 Å². The third kappa shape index (κ3) is 2.26. The second kappa shape index (κ2) is 4.43. The monoisotopic (exact) mass is 256 g/mol. The summed E-state index contributed by atoms with van der Waals surface area (Å²) in [5.41, 5.74) is 0.577. The predicted octanol–water partition coefficient (Wildman–Crippen LogP) is 2.84. The van der Waals surface area contributed by atoms with Crippen molar-refractivity contribution in [2.45, 2.75) is 57.2 Å². The van der Waals surface area contributed by atoms with E-state index in [-0.39, 0.29) is 11.7 Å². The lowest BCUT2D eigenvalue weighted by Crippen LogP contribution is -2.44. The number of ether oxygens (including phenoxy) is 1. The van der Waals surface area contributed by atoms with Crippen LogP contribution >= 0.6 is 11.8 Å². The van der Waals surface area contributed by atoms with E-state index in [9.17, 15) is 5.11 Å². The molecule has 0 aromatic rings. The summed E-state index contributed by atoms with van der Waals surface area (Å²) in [6.07, 6.45) is 6.88. The summed E-state index contributed by atoms with van der Waals surface area (Å²) < 4.78 is 6.10. The lowest BCUT2D eigenvalue weighted by molar-refractivity contribution is -0.103. The molecule has 0 aromatic carbocycles. The maximum absolute atomic E-state index is 9.82. The summed E-state index contributed by atoms with van der Waals surface area (Å²) >= 11 is 2.05. The quantitative estimate of drug-likeness (QED) is 0.782. The highest BCUT2D eigenvalue weighted by Crippen LogP contribution is 2.52. The number of rotatable bonds is 1. The van der Waals surface area contributed by atoms with Crippen molar-refractivity contribution in [2.75, 3.05) is 18.1 Å². The van der Waals surface area contributed by atoms with Crippen LogP contribution in [0, 0.1) is 11.3 Å². The van der Waals surface area contributed by atoms with E-state index in [4.69, 9.17) is 4.74 Å². The molecular formula is C14H24O2S. The minimum absolute atomic E-state index is 0.0447. The Hall–Kier alpha value is 0.270. The van der Waals surface area contributed by atoms with E-state index in [1.165, 1.54) is 37.2 Å². The molecule has 0 amide bonds. The smallest absolute Gasteiger partial charge is 0.0783 e. The number of thioether (sulfide) groups is 1. The largest absolute Gasteiger partial charge is 0.393 e. The van der Waals surface area contributed by atoms with Gasteiger partial charge in [-0.05, 0) is 55.6 Å². The summed E-state index contributed by atoms with van der Waals surface area (Å²) in [6.45, 7) is 3.34. The van der Waals surface area contributed by atoms with Crippen LogP contribution in [0.25, 0.3) is 0 Å². The van der Waals surface area contributed by atoms with Gasteiger partial charge in [0, 0.05) is 12.4 Å². The van der Waals surface area contributed by atoms with Gasteiger partial charge in [-0.15, -0.1) is 0 Å². The number of hydrogen-bond donors (Lipinski definition) is 1. The third-order valence-electron chi connectivity index (χ3n) is 5.30. The van der Waals surface area contributed by atoms with E-state index in [0.29, 0.717) is 5.41 Å². The minimum Gasteiger partial charge on any atom is -0.393 e. The Morgan fingerprint density at radius 2 is 2.12 bits per heavy atom. The molecular weight excluding hydrogens is 232 g/mol. The first-order valence-electron chi connectivity index (χ1n) is 7.02. The average molecular weight is 256 g/mol. The molecule has 4 unspecified atom stereocenters. The van der Waals surface area contributed by atoms with Crippen LogP contribution in [0.5, 0.6) is 0 Å². The van der Waals surface area contributed by atoms with Crippen molar-refractivity contribution in [3.05, 3.63) is 0 Å². The van der Waals surface area contributed by atoms with Gasteiger partial charge < -0.3 is 9.84 Å². The standard InChI is InChI=1S/C14H24O2S/c1-13(4-2-12(15)9-13)11-3-6-16-14(8-11)5-7-17-10-14/h11-12,15H,2-10H2,1H3. The molecule has 2 aliphatic heterocycles. The average Bonchev–Trinajstić information content (AvgIpc) is 2.88. The SMILES string of the molecule is CC1(C2CCOC3(CCSC3)C2)CCC(O)C1. The van der Waals surface area contributed by atoms with Gasteiger partial charge in [-0.2, -0.15) is 11.8 Å². The van der Waals surface area contributed by atoms with E-state index < -0.39 is 0 Å². The summed E-state index contributed by atoms with van der Waals surface area (Å²) in [4.78, 5) is 0. The summed E-state index contributed by atoms with van der Waals surface area (Å²) in [5, 5.41) is 9.82. The maximum atomic E-state index is 9.82. The Balaban J connectivity index is 1.71. The van der Waals surface area contributed by atoms with Crippen LogP contribution in [0.15, 0.2) is 0 Å². The molecule has 0 radical (unpaired) electrons. The first-order valence-corrected chi connectivity index (χ1v) is 8.17. The Morgan fingerprint density at radius 1 is 1.24 bits per heavy atom. The molecule has 0 bridgehead atoms. The van der Waals surface area contributed by atoms with Gasteiger partial charge in [-0.3, -0.25) is 0 Å². The van der Waals surface area contributed by atoms with Gasteiger partial charge in [0.05, 0.1) is 11.7 Å². The van der Waals surface area contributed by atoms with Crippen molar-refractivity contribution < 1.29 is 9.84 Å². The molecule has 3 heteroatoms. The van der Waals surface area contributed by atoms with Crippen LogP contribution in [0.3, 0.4) is 0 Å². The molecule has 3 fully saturated rings. The van der Waals surface area contributed by atoms with Crippen LogP contribution < -0.4 is 0 Å². The lowest BCUT2D eigenvalue weighted by atomic mass is 9.68. The Morgan fingerprint density at radius 3 is 2.76 bits per heavy atom. The highest BCUT2D eigenvalue weighted by molar-refractivity contribution is 7.99. The molecule has 2 nitrogen and oxygen atoms in total. The van der Waals surface area contributed by atoms with Gasteiger partial charge in [0.2, 0.25) is 0 Å². The number of hydrogen-bond acceptors (Lipinski definition) is 3. The summed E-state index contributed by atoms with van der Waals surface area (Å²) in [5.74, 6) is 3.24. The van der Waals surface area contributed by atoms with Crippen molar-refractivity contribution in [2.24, 2.45) is 11.3 Å². The first kappa shape index (κ1) is 12.3. The highest BCUT2D eigenvalue weighted by Gasteiger charge is 2.48. The number of aliphatic hydroxyl groups excluding tert-OH is 1. The third-order valence-corrected chi connectivity index (χ3v) is 6.52. The van der Waals surface area contributed by atoms with Crippen LogP contribution in [0.1, 0.15) is 45.4 Å². The highest BCUT2D eigenvalue weighted by atomic mass is 32.2. The molecule has 0 aromatic heterocycles. The van der Waals surface area contributed by atoms with Crippen molar-refractivity contribution in [3.8, 4) is 0 Å². The van der Waals surface area contributed by atoms with E-state index in [1.807, 2.05) is 11.8 Å². The zero-order valence-corrected chi connectivity index (χ0v) is 11.6. The fourth-order valence-electron chi connectivity index (χ4n) is 4.10. The molecule has 4 atom stereocenters. The van der Waals surface area contributed by atoms with E-state index >= 15 is 0 Å². The van der Waals surface area contributed by atoms with Crippen LogP contribution in [-0.2, 0) is 4.74 Å². The zero-order chi connectivity index (χ0) is 11.9. The van der Waals surface area contributed by atoms with E-state index in [2.05, 4.69) is 6.92 Å². The zero-order valence-electron chi connectivity index (χ0n) is 10.8.